The number of carbonyl (C=O) groups excluding carboxylic acids is 2. The highest BCUT2D eigenvalue weighted by molar-refractivity contribution is 6.42. The number of hydrogen-bond donors (Lipinski definition) is 0. The minimum atomic E-state index is -0.863. The van der Waals surface area contributed by atoms with E-state index in [4.69, 9.17) is 33.2 Å². The molecule has 37 heavy (non-hydrogen) atoms. The molecule has 2 aromatic rings. The van der Waals surface area contributed by atoms with Crippen LogP contribution in [0.5, 0.6) is 5.88 Å². The molecule has 0 N–H and O–H groups in total. The molecule has 2 saturated heterocycles. The van der Waals surface area contributed by atoms with Crippen molar-refractivity contribution in [3.63, 3.8) is 0 Å². The monoisotopic (exact) mass is 537 g/mol. The smallest absolute Gasteiger partial charge is 0.243 e. The second-order valence-corrected chi connectivity index (χ2v) is 10.9. The van der Waals surface area contributed by atoms with E-state index in [2.05, 4.69) is 11.1 Å². The number of carbonyl (C=O) groups is 2. The number of ether oxygens (including phenoxy) is 1. The zero-order valence-corrected chi connectivity index (χ0v) is 21.7. The summed E-state index contributed by atoms with van der Waals surface area (Å²) in [6.45, 7) is 3.61. The molecule has 8 nitrogen and oxygen atoms in total. The fraction of sp³-hybridized carbons (Fsp3) is 0.444. The molecular formula is C27H25Cl2N5O3. The molecule has 2 aliphatic heterocycles. The van der Waals surface area contributed by atoms with E-state index in [0.29, 0.717) is 60.5 Å². The van der Waals surface area contributed by atoms with Gasteiger partial charge in [-0.1, -0.05) is 29.3 Å². The van der Waals surface area contributed by atoms with Gasteiger partial charge in [0.15, 0.2) is 0 Å². The van der Waals surface area contributed by atoms with Crippen molar-refractivity contribution >= 4 is 35.0 Å². The molecule has 190 valence electrons. The lowest BCUT2D eigenvalue weighted by Gasteiger charge is -2.41. The third kappa shape index (κ3) is 4.84. The number of nitriles is 2. The van der Waals surface area contributed by atoms with Crippen molar-refractivity contribution in [1.29, 1.82) is 10.5 Å². The van der Waals surface area contributed by atoms with Crippen LogP contribution in [0.3, 0.4) is 0 Å². The predicted molar refractivity (Wildman–Crippen MR) is 136 cm³/mol. The molecule has 0 spiro atoms. The minimum Gasteiger partial charge on any atom is -0.474 e. The highest BCUT2D eigenvalue weighted by atomic mass is 35.5. The largest absolute Gasteiger partial charge is 0.474 e. The van der Waals surface area contributed by atoms with Gasteiger partial charge in [-0.25, -0.2) is 4.98 Å². The van der Waals surface area contributed by atoms with Crippen molar-refractivity contribution in [2.45, 2.75) is 31.8 Å². The summed E-state index contributed by atoms with van der Waals surface area (Å²) >= 11 is 12.5. The highest BCUT2D eigenvalue weighted by Gasteiger charge is 2.55. The maximum Gasteiger partial charge on any atom is 0.243 e. The first-order chi connectivity index (χ1) is 17.7. The van der Waals surface area contributed by atoms with Crippen LogP contribution in [0.1, 0.15) is 36.8 Å². The number of aromatic nitrogens is 1. The predicted octanol–water partition coefficient (Wildman–Crippen LogP) is 4.03. The van der Waals surface area contributed by atoms with E-state index in [1.807, 2.05) is 30.0 Å². The fourth-order valence-electron chi connectivity index (χ4n) is 5.23. The fourth-order valence-corrected chi connectivity index (χ4v) is 5.54. The first kappa shape index (κ1) is 25.3. The topological polar surface area (TPSA) is 110 Å². The lowest BCUT2D eigenvalue weighted by Crippen LogP contribution is -2.57. The molecular weight excluding hydrogens is 513 g/mol. The standard InChI is InChI=1S/C27H25Cl2N5O3/c1-16(37-24-5-2-17(9-30)10-32-24)20-13-33(14-21(20)18-3-4-22(28)23(29)8-18)25(35)19-11-34(12-19)26(36)27(15-31)6-7-27/h2-5,8,10,16,19-21H,6-7,11-14H2,1H3/t16-,20+,21+/m0/s1. The molecule has 3 fully saturated rings. The van der Waals surface area contributed by atoms with Gasteiger partial charge in [0.25, 0.3) is 0 Å². The Morgan fingerprint density at radius 2 is 1.84 bits per heavy atom. The number of amides is 2. The number of pyridine rings is 1. The Labute approximate surface area is 225 Å². The average molecular weight is 538 g/mol. The maximum absolute atomic E-state index is 13.4. The van der Waals surface area contributed by atoms with Gasteiger partial charge in [-0.05, 0) is 43.5 Å². The summed E-state index contributed by atoms with van der Waals surface area (Å²) in [6.07, 6.45) is 2.37. The summed E-state index contributed by atoms with van der Waals surface area (Å²) in [7, 11) is 0. The summed E-state index contributed by atoms with van der Waals surface area (Å²) in [4.78, 5) is 33.7. The van der Waals surface area contributed by atoms with E-state index in [1.54, 1.807) is 23.1 Å². The first-order valence-corrected chi connectivity index (χ1v) is 13.0. The van der Waals surface area contributed by atoms with Gasteiger partial charge in [0, 0.05) is 50.3 Å². The van der Waals surface area contributed by atoms with Gasteiger partial charge in [-0.15, -0.1) is 0 Å². The summed E-state index contributed by atoms with van der Waals surface area (Å²) in [5.41, 5.74) is 0.549. The van der Waals surface area contributed by atoms with Crippen LogP contribution in [-0.2, 0) is 9.59 Å². The highest BCUT2D eigenvalue weighted by Crippen LogP contribution is 2.47. The first-order valence-electron chi connectivity index (χ1n) is 12.2. The Balaban J connectivity index is 1.30. The lowest BCUT2D eigenvalue weighted by molar-refractivity contribution is -0.150. The van der Waals surface area contributed by atoms with Gasteiger partial charge in [0.05, 0.1) is 27.6 Å². The second-order valence-electron chi connectivity index (χ2n) is 10.1. The number of benzene rings is 1. The normalized spacial score (nSPS) is 22.9. The van der Waals surface area contributed by atoms with E-state index in [0.717, 1.165) is 5.56 Å². The van der Waals surface area contributed by atoms with Gasteiger partial charge >= 0.3 is 0 Å². The van der Waals surface area contributed by atoms with E-state index >= 15 is 0 Å². The second kappa shape index (κ2) is 9.85. The molecule has 10 heteroatoms. The summed E-state index contributed by atoms with van der Waals surface area (Å²) in [5, 5.41) is 19.2. The Morgan fingerprint density at radius 3 is 2.43 bits per heavy atom. The van der Waals surface area contributed by atoms with Crippen LogP contribution in [0.25, 0.3) is 0 Å². The Hall–Kier alpha value is -3.33. The number of nitrogens with zero attached hydrogens (tertiary/aromatic N) is 5. The maximum atomic E-state index is 13.4. The van der Waals surface area contributed by atoms with Gasteiger partial charge in [-0.2, -0.15) is 10.5 Å². The minimum absolute atomic E-state index is 0.00196. The van der Waals surface area contributed by atoms with E-state index in [1.165, 1.54) is 6.20 Å². The zero-order chi connectivity index (χ0) is 26.3. The van der Waals surface area contributed by atoms with Crippen molar-refractivity contribution in [3.8, 4) is 18.0 Å². The molecule has 0 radical (unpaired) electrons. The van der Waals surface area contributed by atoms with E-state index < -0.39 is 5.41 Å². The van der Waals surface area contributed by atoms with Crippen molar-refractivity contribution in [2.24, 2.45) is 17.3 Å². The Kier molecular flexibility index (Phi) is 6.74. The van der Waals surface area contributed by atoms with Gasteiger partial charge in [0.2, 0.25) is 17.7 Å². The van der Waals surface area contributed by atoms with Crippen LogP contribution in [0, 0.1) is 39.9 Å². The third-order valence-electron chi connectivity index (χ3n) is 7.72. The van der Waals surface area contributed by atoms with Crippen LogP contribution in [-0.4, -0.2) is 58.9 Å². The summed E-state index contributed by atoms with van der Waals surface area (Å²) < 4.78 is 6.14. The van der Waals surface area contributed by atoms with Crippen molar-refractivity contribution in [3.05, 3.63) is 57.7 Å². The van der Waals surface area contributed by atoms with Crippen molar-refractivity contribution in [2.75, 3.05) is 26.2 Å². The van der Waals surface area contributed by atoms with Crippen LogP contribution in [0.15, 0.2) is 36.5 Å². The molecule has 3 atom stereocenters. The molecule has 0 bridgehead atoms. The Morgan fingerprint density at radius 1 is 1.08 bits per heavy atom. The molecule has 5 rings (SSSR count). The average Bonchev–Trinajstić information content (AvgIpc) is 3.55. The van der Waals surface area contributed by atoms with E-state index in [9.17, 15) is 14.9 Å². The third-order valence-corrected chi connectivity index (χ3v) is 8.45. The van der Waals surface area contributed by atoms with E-state index in [-0.39, 0.29) is 35.7 Å². The molecule has 0 unspecified atom stereocenters. The SMILES string of the molecule is C[C@H](Oc1ccc(C#N)cn1)[C@H]1CN(C(=O)C2CN(C(=O)C3(C#N)CC3)C2)C[C@@H]1c1ccc(Cl)c(Cl)c1. The molecule has 3 aliphatic rings. The number of halogens is 2. The molecule has 1 aliphatic carbocycles. The molecule has 1 saturated carbocycles. The number of likely N-dealkylation sites (tertiary alicyclic amines) is 2. The molecule has 2 amide bonds. The van der Waals surface area contributed by atoms with Gasteiger partial charge in [0.1, 0.15) is 17.6 Å². The van der Waals surface area contributed by atoms with Crippen LogP contribution in [0.2, 0.25) is 10.0 Å². The van der Waals surface area contributed by atoms with Crippen LogP contribution in [0.4, 0.5) is 0 Å². The molecule has 1 aromatic carbocycles. The lowest BCUT2D eigenvalue weighted by atomic mass is 9.86. The Bertz CT molecular complexity index is 1310. The number of rotatable bonds is 6. The van der Waals surface area contributed by atoms with Crippen molar-refractivity contribution < 1.29 is 14.3 Å². The summed E-state index contributed by atoms with van der Waals surface area (Å²) in [6, 6.07) is 13.0. The van der Waals surface area contributed by atoms with Crippen LogP contribution < -0.4 is 4.74 Å². The van der Waals surface area contributed by atoms with Crippen LogP contribution >= 0.6 is 23.2 Å². The van der Waals surface area contributed by atoms with Gasteiger partial charge < -0.3 is 14.5 Å². The quantitative estimate of drug-likeness (QED) is 0.549. The molecule has 1 aromatic heterocycles. The summed E-state index contributed by atoms with van der Waals surface area (Å²) in [5.74, 6) is -0.110. The zero-order valence-electron chi connectivity index (χ0n) is 20.2. The van der Waals surface area contributed by atoms with Gasteiger partial charge in [-0.3, -0.25) is 9.59 Å². The number of hydrogen-bond acceptors (Lipinski definition) is 6. The molecule has 3 heterocycles. The van der Waals surface area contributed by atoms with Crippen molar-refractivity contribution in [1.82, 2.24) is 14.8 Å².